The average molecular weight is 753 g/mol. The van der Waals surface area contributed by atoms with Gasteiger partial charge in [-0.3, -0.25) is 0 Å². The van der Waals surface area contributed by atoms with Crippen molar-refractivity contribution in [3.8, 4) is 23.3 Å². The SMILES string of the molecule is CCCCN(C)c1ccc(-c2nc(-n3cccn3)nc(-n3cccn3)n2)cc1.OC(CC(O)C(F)(F)F)c1cccs1.[Eu]. The monoisotopic (exact) mass is 753 g/mol. The van der Waals surface area contributed by atoms with Crippen molar-refractivity contribution in [1.82, 2.24) is 34.5 Å². The van der Waals surface area contributed by atoms with E-state index in [9.17, 15) is 18.3 Å². The number of aromatic nitrogens is 7. The summed E-state index contributed by atoms with van der Waals surface area (Å²) in [6, 6.07) is 15.1. The molecule has 15 heteroatoms. The minimum absolute atomic E-state index is 0. The van der Waals surface area contributed by atoms with Crippen LogP contribution in [0.3, 0.4) is 0 Å². The van der Waals surface area contributed by atoms with Gasteiger partial charge in [-0.2, -0.15) is 38.3 Å². The maximum absolute atomic E-state index is 11.9. The number of halogens is 3. The van der Waals surface area contributed by atoms with Crippen LogP contribution in [0.4, 0.5) is 18.9 Å². The molecule has 229 valence electrons. The van der Waals surface area contributed by atoms with Crippen LogP contribution < -0.4 is 4.90 Å². The summed E-state index contributed by atoms with van der Waals surface area (Å²) in [6.45, 7) is 3.24. The summed E-state index contributed by atoms with van der Waals surface area (Å²) >= 11 is 1.16. The number of aliphatic hydroxyl groups excluding tert-OH is 2. The van der Waals surface area contributed by atoms with Crippen LogP contribution >= 0.6 is 11.3 Å². The van der Waals surface area contributed by atoms with E-state index in [1.807, 2.05) is 24.3 Å². The number of hydrogen-bond donors (Lipinski definition) is 2. The molecule has 0 saturated carbocycles. The Labute approximate surface area is 291 Å². The van der Waals surface area contributed by atoms with Gasteiger partial charge >= 0.3 is 6.18 Å². The molecular formula is C28H31EuF3N8O2S. The van der Waals surface area contributed by atoms with Crippen LogP contribution in [0.5, 0.6) is 0 Å². The van der Waals surface area contributed by atoms with Crippen molar-refractivity contribution in [3.05, 3.63) is 83.6 Å². The van der Waals surface area contributed by atoms with Crippen LogP contribution in [0, 0.1) is 49.4 Å². The van der Waals surface area contributed by atoms with E-state index in [0.29, 0.717) is 22.6 Å². The van der Waals surface area contributed by atoms with Crippen LogP contribution in [0.2, 0.25) is 0 Å². The standard InChI is InChI=1S/C20H22N8.C8H9F3O2S.Eu/c1-3-4-13-26(2)17-9-7-16(8-10-17)18-23-19(27-14-5-11-21-27)25-20(24-18)28-15-6-12-22-28;9-8(10,11)7(13)4-5(12)6-2-1-3-14-6;/h5-12,14-15H,3-4,13H2,1-2H3;1-3,5,7,12-13H,4H2;. The van der Waals surface area contributed by atoms with Gasteiger partial charge in [0.15, 0.2) is 11.9 Å². The van der Waals surface area contributed by atoms with Gasteiger partial charge in [-0.05, 0) is 54.3 Å². The van der Waals surface area contributed by atoms with Gasteiger partial charge in [0, 0.05) is 110 Å². The van der Waals surface area contributed by atoms with Crippen LogP contribution in [0.1, 0.15) is 37.2 Å². The smallest absolute Gasteiger partial charge is 0.387 e. The molecule has 5 aromatic rings. The van der Waals surface area contributed by atoms with E-state index in [0.717, 1.165) is 23.4 Å². The molecule has 0 spiro atoms. The average Bonchev–Trinajstić information content (AvgIpc) is 3.79. The van der Waals surface area contributed by atoms with Gasteiger partial charge in [0.1, 0.15) is 0 Å². The predicted octanol–water partition coefficient (Wildman–Crippen LogP) is 5.24. The van der Waals surface area contributed by atoms with Gasteiger partial charge in [0.25, 0.3) is 11.9 Å². The summed E-state index contributed by atoms with van der Waals surface area (Å²) < 4.78 is 38.9. The predicted molar refractivity (Wildman–Crippen MR) is 154 cm³/mol. The first kappa shape index (κ1) is 34.9. The van der Waals surface area contributed by atoms with E-state index in [1.165, 1.54) is 24.6 Å². The number of thiophene rings is 1. The van der Waals surface area contributed by atoms with E-state index >= 15 is 0 Å². The van der Waals surface area contributed by atoms with Crippen molar-refractivity contribution >= 4 is 17.0 Å². The summed E-state index contributed by atoms with van der Waals surface area (Å²) in [6.07, 6.45) is 0.228. The fraction of sp³-hybridized carbons (Fsp3) is 0.321. The molecule has 1 radical (unpaired) electrons. The van der Waals surface area contributed by atoms with Gasteiger partial charge in [-0.15, -0.1) is 11.3 Å². The van der Waals surface area contributed by atoms with Crippen LogP contribution in [-0.4, -0.2) is 70.6 Å². The molecule has 4 aromatic heterocycles. The first-order valence-electron chi connectivity index (χ1n) is 13.2. The molecule has 2 N–H and O–H groups in total. The Balaban J connectivity index is 0.000000287. The molecule has 0 bridgehead atoms. The van der Waals surface area contributed by atoms with Gasteiger partial charge < -0.3 is 15.1 Å². The first-order valence-corrected chi connectivity index (χ1v) is 14.1. The molecule has 4 heterocycles. The maximum atomic E-state index is 11.9. The maximum Gasteiger partial charge on any atom is 0.414 e. The van der Waals surface area contributed by atoms with E-state index < -0.39 is 24.8 Å². The zero-order valence-electron chi connectivity index (χ0n) is 23.4. The second kappa shape index (κ2) is 16.5. The Morgan fingerprint density at radius 2 is 1.51 bits per heavy atom. The summed E-state index contributed by atoms with van der Waals surface area (Å²) in [5.41, 5.74) is 2.09. The molecule has 43 heavy (non-hydrogen) atoms. The number of aliphatic hydroxyl groups is 2. The molecule has 0 amide bonds. The number of rotatable bonds is 10. The van der Waals surface area contributed by atoms with Crippen molar-refractivity contribution in [1.29, 1.82) is 0 Å². The van der Waals surface area contributed by atoms with E-state index in [2.05, 4.69) is 56.2 Å². The fourth-order valence-corrected chi connectivity index (χ4v) is 4.52. The number of benzene rings is 1. The molecular weight excluding hydrogens is 721 g/mol. The zero-order chi connectivity index (χ0) is 30.1. The third-order valence-electron chi connectivity index (χ3n) is 6.14. The molecule has 5 rings (SSSR count). The van der Waals surface area contributed by atoms with Crippen molar-refractivity contribution in [3.63, 3.8) is 0 Å². The van der Waals surface area contributed by atoms with Crippen LogP contribution in [0.25, 0.3) is 23.3 Å². The first-order chi connectivity index (χ1) is 20.2. The molecule has 2 atom stereocenters. The zero-order valence-corrected chi connectivity index (χ0v) is 26.6. The second-order valence-electron chi connectivity index (χ2n) is 9.31. The largest absolute Gasteiger partial charge is 0.414 e. The summed E-state index contributed by atoms with van der Waals surface area (Å²) in [5, 5.41) is 28.1. The van der Waals surface area contributed by atoms with Crippen molar-refractivity contribution in [2.24, 2.45) is 0 Å². The summed E-state index contributed by atoms with van der Waals surface area (Å²) in [4.78, 5) is 16.4. The Kier molecular flexibility index (Phi) is 13.4. The van der Waals surface area contributed by atoms with Crippen LogP contribution in [-0.2, 0) is 0 Å². The topological polar surface area (TPSA) is 118 Å². The third-order valence-corrected chi connectivity index (χ3v) is 7.11. The fourth-order valence-electron chi connectivity index (χ4n) is 3.79. The van der Waals surface area contributed by atoms with Gasteiger partial charge in [-0.25, -0.2) is 9.36 Å². The van der Waals surface area contributed by atoms with Crippen LogP contribution in [0.15, 0.2) is 78.7 Å². The van der Waals surface area contributed by atoms with Crippen molar-refractivity contribution in [2.45, 2.75) is 44.6 Å². The van der Waals surface area contributed by atoms with Gasteiger partial charge in [0.05, 0.1) is 6.10 Å². The molecule has 10 nitrogen and oxygen atoms in total. The molecule has 2 unspecified atom stereocenters. The Hall–Kier alpha value is -2.56. The molecule has 0 saturated heterocycles. The minimum Gasteiger partial charge on any atom is -0.387 e. The number of unbranched alkanes of at least 4 members (excludes halogenated alkanes) is 1. The van der Waals surface area contributed by atoms with E-state index in [-0.39, 0.29) is 49.4 Å². The molecule has 0 aliphatic heterocycles. The summed E-state index contributed by atoms with van der Waals surface area (Å²) in [7, 11) is 2.11. The van der Waals surface area contributed by atoms with Crippen molar-refractivity contribution in [2.75, 3.05) is 18.5 Å². The summed E-state index contributed by atoms with van der Waals surface area (Å²) in [5.74, 6) is 1.48. The Morgan fingerprint density at radius 1 is 0.907 bits per heavy atom. The molecule has 0 fully saturated rings. The molecule has 1 aromatic carbocycles. The number of hydrogen-bond acceptors (Lipinski definition) is 9. The quantitative estimate of drug-likeness (QED) is 0.199. The minimum atomic E-state index is -4.67. The Morgan fingerprint density at radius 3 is 1.98 bits per heavy atom. The number of alkyl halides is 3. The van der Waals surface area contributed by atoms with E-state index in [4.69, 9.17) is 5.11 Å². The van der Waals surface area contributed by atoms with Gasteiger partial charge in [-0.1, -0.05) is 19.4 Å². The van der Waals surface area contributed by atoms with E-state index in [1.54, 1.807) is 45.6 Å². The second-order valence-corrected chi connectivity index (χ2v) is 10.3. The molecule has 0 aliphatic carbocycles. The molecule has 0 aliphatic rings. The number of nitrogens with zero attached hydrogens (tertiary/aromatic N) is 8. The number of anilines is 1. The Bertz CT molecular complexity index is 1430. The van der Waals surface area contributed by atoms with Gasteiger partial charge in [0.2, 0.25) is 0 Å². The van der Waals surface area contributed by atoms with Crippen molar-refractivity contribution < 1.29 is 72.8 Å². The normalized spacial score (nSPS) is 12.5. The third kappa shape index (κ3) is 9.98.